The van der Waals surface area contributed by atoms with Crippen molar-refractivity contribution in [2.24, 2.45) is 17.6 Å². The quantitative estimate of drug-likeness (QED) is 0.860. The van der Waals surface area contributed by atoms with Gasteiger partial charge in [0, 0.05) is 12.6 Å². The van der Waals surface area contributed by atoms with E-state index in [1.54, 1.807) is 6.07 Å². The predicted molar refractivity (Wildman–Crippen MR) is 76.5 cm³/mol. The van der Waals surface area contributed by atoms with Crippen LogP contribution in [0, 0.1) is 17.7 Å². The third-order valence-electron chi connectivity index (χ3n) is 4.41. The Bertz CT molecular complexity index is 426. The molecule has 0 amide bonds. The Labute approximate surface area is 119 Å². The maximum Gasteiger partial charge on any atom is 0.141 e. The van der Waals surface area contributed by atoms with Crippen LogP contribution in [0.15, 0.2) is 18.3 Å². The second-order valence-electron chi connectivity index (χ2n) is 5.92. The summed E-state index contributed by atoms with van der Waals surface area (Å²) >= 11 is 0. The average Bonchev–Trinajstić information content (AvgIpc) is 2.79. The highest BCUT2D eigenvalue weighted by atomic mass is 19.1. The molecule has 0 spiro atoms. The highest BCUT2D eigenvalue weighted by Gasteiger charge is 2.32. The van der Waals surface area contributed by atoms with Crippen molar-refractivity contribution in [2.45, 2.75) is 32.4 Å². The highest BCUT2D eigenvalue weighted by Crippen LogP contribution is 2.27. The number of aliphatic hydroxyl groups excluding tert-OH is 1. The van der Waals surface area contributed by atoms with Gasteiger partial charge in [-0.1, -0.05) is 13.8 Å². The van der Waals surface area contributed by atoms with E-state index in [1.165, 1.54) is 12.3 Å². The van der Waals surface area contributed by atoms with Crippen molar-refractivity contribution < 1.29 is 9.50 Å². The zero-order chi connectivity index (χ0) is 14.7. The zero-order valence-electron chi connectivity index (χ0n) is 12.2. The molecule has 4 unspecified atom stereocenters. The first kappa shape index (κ1) is 15.4. The van der Waals surface area contributed by atoms with E-state index in [-0.39, 0.29) is 30.4 Å². The van der Waals surface area contributed by atoms with Crippen molar-refractivity contribution in [1.82, 2.24) is 9.88 Å². The van der Waals surface area contributed by atoms with E-state index in [4.69, 9.17) is 5.73 Å². The molecule has 1 aliphatic heterocycles. The van der Waals surface area contributed by atoms with Crippen LogP contribution in [-0.4, -0.2) is 40.7 Å². The molecule has 4 nitrogen and oxygen atoms in total. The number of rotatable bonds is 5. The molecule has 1 saturated heterocycles. The maximum absolute atomic E-state index is 12.9. The number of hydrogen-bond donors (Lipinski definition) is 2. The lowest BCUT2D eigenvalue weighted by molar-refractivity contribution is 0.122. The van der Waals surface area contributed by atoms with Gasteiger partial charge in [0.2, 0.25) is 0 Å². The zero-order valence-corrected chi connectivity index (χ0v) is 12.2. The predicted octanol–water partition coefficient (Wildman–Crippen LogP) is 1.56. The smallest absolute Gasteiger partial charge is 0.141 e. The van der Waals surface area contributed by atoms with Crippen LogP contribution in [0.4, 0.5) is 4.39 Å². The van der Waals surface area contributed by atoms with E-state index >= 15 is 0 Å². The fraction of sp³-hybridized carbons (Fsp3) is 0.667. The summed E-state index contributed by atoms with van der Waals surface area (Å²) in [6.45, 7) is 6.27. The summed E-state index contributed by atoms with van der Waals surface area (Å²) < 4.78 is 12.9. The van der Waals surface area contributed by atoms with E-state index in [1.807, 2.05) is 0 Å². The van der Waals surface area contributed by atoms with Crippen LogP contribution in [0.1, 0.15) is 32.0 Å². The van der Waals surface area contributed by atoms with Crippen LogP contribution in [0.25, 0.3) is 0 Å². The molecule has 2 heterocycles. The topological polar surface area (TPSA) is 62.4 Å². The van der Waals surface area contributed by atoms with Gasteiger partial charge in [-0.3, -0.25) is 9.88 Å². The lowest BCUT2D eigenvalue weighted by Gasteiger charge is -2.30. The normalized spacial score (nSPS) is 26.6. The number of likely N-dealkylation sites (tertiary alicyclic amines) is 1. The second kappa shape index (κ2) is 6.61. The minimum atomic E-state index is -0.345. The largest absolute Gasteiger partial charge is 0.395 e. The second-order valence-corrected chi connectivity index (χ2v) is 5.92. The first-order chi connectivity index (χ1) is 9.52. The monoisotopic (exact) mass is 281 g/mol. The van der Waals surface area contributed by atoms with Crippen LogP contribution < -0.4 is 5.73 Å². The Hall–Kier alpha value is -1.04. The summed E-state index contributed by atoms with van der Waals surface area (Å²) in [4.78, 5) is 6.36. The van der Waals surface area contributed by atoms with Crippen molar-refractivity contribution in [1.29, 1.82) is 0 Å². The van der Waals surface area contributed by atoms with Crippen molar-refractivity contribution in [2.75, 3.05) is 19.7 Å². The Morgan fingerprint density at radius 1 is 1.55 bits per heavy atom. The van der Waals surface area contributed by atoms with Crippen molar-refractivity contribution in [3.63, 3.8) is 0 Å². The van der Waals surface area contributed by atoms with Gasteiger partial charge in [-0.15, -0.1) is 0 Å². The van der Waals surface area contributed by atoms with E-state index < -0.39 is 0 Å². The Kier molecular flexibility index (Phi) is 5.07. The summed E-state index contributed by atoms with van der Waals surface area (Å²) in [6.07, 6.45) is 2.32. The molecule has 1 aliphatic rings. The van der Waals surface area contributed by atoms with Crippen LogP contribution in [0.2, 0.25) is 0 Å². The number of aromatic nitrogens is 1. The lowest BCUT2D eigenvalue weighted by atomic mass is 9.97. The minimum Gasteiger partial charge on any atom is -0.395 e. The van der Waals surface area contributed by atoms with Crippen LogP contribution in [0.3, 0.4) is 0 Å². The first-order valence-electron chi connectivity index (χ1n) is 7.25. The number of halogens is 1. The van der Waals surface area contributed by atoms with Crippen molar-refractivity contribution in [3.8, 4) is 0 Å². The van der Waals surface area contributed by atoms with Gasteiger partial charge in [0.15, 0.2) is 0 Å². The molecule has 1 aromatic heterocycles. The summed E-state index contributed by atoms with van der Waals surface area (Å²) in [7, 11) is 0. The molecule has 1 fully saturated rings. The number of aliphatic hydroxyl groups is 1. The van der Waals surface area contributed by atoms with Gasteiger partial charge in [-0.05, 0) is 36.9 Å². The molecule has 0 radical (unpaired) electrons. The molecule has 3 N–H and O–H groups in total. The summed E-state index contributed by atoms with van der Waals surface area (Å²) in [5.74, 6) is 0.377. The van der Waals surface area contributed by atoms with E-state index in [0.717, 1.165) is 19.5 Å². The molecule has 0 aromatic carbocycles. The van der Waals surface area contributed by atoms with Crippen molar-refractivity contribution >= 4 is 0 Å². The van der Waals surface area contributed by atoms with E-state index in [0.29, 0.717) is 11.6 Å². The molecule has 112 valence electrons. The number of hydrogen-bond acceptors (Lipinski definition) is 4. The SMILES string of the molecule is CC(CN1CCC(C)C1CO)C(N)c1ccc(F)cn1. The third kappa shape index (κ3) is 3.34. The van der Waals surface area contributed by atoms with Gasteiger partial charge in [0.25, 0.3) is 0 Å². The van der Waals surface area contributed by atoms with Gasteiger partial charge in [-0.2, -0.15) is 0 Å². The van der Waals surface area contributed by atoms with Gasteiger partial charge < -0.3 is 10.8 Å². The van der Waals surface area contributed by atoms with Crippen LogP contribution in [0.5, 0.6) is 0 Å². The standard InChI is InChI=1S/C15H24FN3O/c1-10-5-6-19(14(10)9-20)8-11(2)15(17)13-4-3-12(16)7-18-13/h3-4,7,10-11,14-15,20H,5-6,8-9,17H2,1-2H3. The molecule has 0 bridgehead atoms. The van der Waals surface area contributed by atoms with E-state index in [9.17, 15) is 9.50 Å². The lowest BCUT2D eigenvalue weighted by Crippen LogP contribution is -2.40. The molecular weight excluding hydrogens is 257 g/mol. The molecule has 2 rings (SSSR count). The molecule has 20 heavy (non-hydrogen) atoms. The maximum atomic E-state index is 12.9. The number of nitrogens with two attached hydrogens (primary N) is 1. The Balaban J connectivity index is 1.97. The third-order valence-corrected chi connectivity index (χ3v) is 4.41. The average molecular weight is 281 g/mol. The van der Waals surface area contributed by atoms with Gasteiger partial charge in [-0.25, -0.2) is 4.39 Å². The molecular formula is C15H24FN3O. The summed E-state index contributed by atoms with van der Waals surface area (Å²) in [5, 5.41) is 9.48. The molecule has 4 atom stereocenters. The highest BCUT2D eigenvalue weighted by molar-refractivity contribution is 5.10. The number of nitrogens with zero attached hydrogens (tertiary/aromatic N) is 2. The first-order valence-corrected chi connectivity index (χ1v) is 7.25. The minimum absolute atomic E-state index is 0.192. The van der Waals surface area contributed by atoms with Crippen LogP contribution in [-0.2, 0) is 0 Å². The molecule has 1 aromatic rings. The van der Waals surface area contributed by atoms with Gasteiger partial charge in [0.05, 0.1) is 24.5 Å². The fourth-order valence-electron chi connectivity index (χ4n) is 2.97. The molecule has 0 aliphatic carbocycles. The van der Waals surface area contributed by atoms with Crippen LogP contribution >= 0.6 is 0 Å². The Morgan fingerprint density at radius 3 is 2.90 bits per heavy atom. The molecule has 5 heteroatoms. The summed E-state index contributed by atoms with van der Waals surface area (Å²) in [5.41, 5.74) is 6.93. The van der Waals surface area contributed by atoms with Gasteiger partial charge in [0.1, 0.15) is 5.82 Å². The van der Waals surface area contributed by atoms with E-state index in [2.05, 4.69) is 23.7 Å². The fourth-order valence-corrected chi connectivity index (χ4v) is 2.97. The Morgan fingerprint density at radius 2 is 2.30 bits per heavy atom. The number of pyridine rings is 1. The van der Waals surface area contributed by atoms with Crippen molar-refractivity contribution in [3.05, 3.63) is 29.8 Å². The summed E-state index contributed by atoms with van der Waals surface area (Å²) in [6, 6.07) is 3.05. The molecule has 0 saturated carbocycles. The van der Waals surface area contributed by atoms with Gasteiger partial charge >= 0.3 is 0 Å².